The Morgan fingerprint density at radius 3 is 3.00 bits per heavy atom. The molecule has 0 aliphatic carbocycles. The minimum atomic E-state index is -0.230. The standard InChI is InChI=1S/C12H12ClN3O2/c13-9-3-1-2-4-10(9)18-8-12(17)16-7-11-14-5-6-15-11/h1-6H,7-8H2,(H,14,15)(H,16,17). The third-order valence-electron chi connectivity index (χ3n) is 2.20. The van der Waals surface area contributed by atoms with Crippen molar-refractivity contribution in [3.63, 3.8) is 0 Å². The van der Waals surface area contributed by atoms with Crippen LogP contribution in [0, 0.1) is 0 Å². The molecule has 1 aromatic carbocycles. The third kappa shape index (κ3) is 3.49. The van der Waals surface area contributed by atoms with Crippen molar-refractivity contribution in [3.05, 3.63) is 47.5 Å². The minimum absolute atomic E-state index is 0.0789. The maximum Gasteiger partial charge on any atom is 0.258 e. The van der Waals surface area contributed by atoms with E-state index in [4.69, 9.17) is 16.3 Å². The summed E-state index contributed by atoms with van der Waals surface area (Å²) in [6, 6.07) is 7.01. The number of halogens is 1. The lowest BCUT2D eigenvalue weighted by atomic mass is 10.3. The zero-order chi connectivity index (χ0) is 12.8. The Labute approximate surface area is 109 Å². The number of carbonyl (C=O) groups is 1. The molecule has 0 aliphatic rings. The Morgan fingerprint density at radius 2 is 2.28 bits per heavy atom. The van der Waals surface area contributed by atoms with Gasteiger partial charge in [-0.25, -0.2) is 4.98 Å². The number of rotatable bonds is 5. The SMILES string of the molecule is O=C(COc1ccccc1Cl)NCc1ncc[nH]1. The number of amides is 1. The normalized spacial score (nSPS) is 10.1. The molecule has 0 bridgehead atoms. The molecule has 0 radical (unpaired) electrons. The molecule has 0 fully saturated rings. The van der Waals surface area contributed by atoms with Crippen molar-refractivity contribution in [2.24, 2.45) is 0 Å². The molecule has 5 nitrogen and oxygen atoms in total. The molecule has 0 aliphatic heterocycles. The molecule has 18 heavy (non-hydrogen) atoms. The van der Waals surface area contributed by atoms with Crippen LogP contribution in [0.25, 0.3) is 0 Å². The van der Waals surface area contributed by atoms with E-state index in [0.29, 0.717) is 23.1 Å². The number of hydrogen-bond donors (Lipinski definition) is 2. The van der Waals surface area contributed by atoms with E-state index in [2.05, 4.69) is 15.3 Å². The average molecular weight is 266 g/mol. The fourth-order valence-corrected chi connectivity index (χ4v) is 1.52. The smallest absolute Gasteiger partial charge is 0.258 e. The summed E-state index contributed by atoms with van der Waals surface area (Å²) < 4.78 is 5.29. The number of hydrogen-bond acceptors (Lipinski definition) is 3. The Morgan fingerprint density at radius 1 is 1.44 bits per heavy atom. The first kappa shape index (κ1) is 12.4. The number of nitrogens with zero attached hydrogens (tertiary/aromatic N) is 1. The molecule has 1 aromatic heterocycles. The van der Waals surface area contributed by atoms with Gasteiger partial charge in [-0.2, -0.15) is 0 Å². The Bertz CT molecular complexity index is 514. The Kier molecular flexibility index (Phi) is 4.20. The first-order valence-electron chi connectivity index (χ1n) is 5.38. The summed E-state index contributed by atoms with van der Waals surface area (Å²) in [5.41, 5.74) is 0. The second-order valence-electron chi connectivity index (χ2n) is 3.53. The van der Waals surface area contributed by atoms with E-state index in [9.17, 15) is 4.79 Å². The second-order valence-corrected chi connectivity index (χ2v) is 3.94. The van der Waals surface area contributed by atoms with Crippen LogP contribution in [0.3, 0.4) is 0 Å². The number of aromatic amines is 1. The van der Waals surface area contributed by atoms with Gasteiger partial charge in [-0.05, 0) is 12.1 Å². The van der Waals surface area contributed by atoms with Crippen LogP contribution in [0.1, 0.15) is 5.82 Å². The highest BCUT2D eigenvalue weighted by molar-refractivity contribution is 6.32. The van der Waals surface area contributed by atoms with E-state index in [0.717, 1.165) is 0 Å². The quantitative estimate of drug-likeness (QED) is 0.866. The third-order valence-corrected chi connectivity index (χ3v) is 2.52. The molecular weight excluding hydrogens is 254 g/mol. The zero-order valence-electron chi connectivity index (χ0n) is 9.52. The lowest BCUT2D eigenvalue weighted by molar-refractivity contribution is -0.123. The van der Waals surface area contributed by atoms with Gasteiger partial charge in [-0.1, -0.05) is 23.7 Å². The fourth-order valence-electron chi connectivity index (χ4n) is 1.33. The van der Waals surface area contributed by atoms with Gasteiger partial charge in [0, 0.05) is 12.4 Å². The summed E-state index contributed by atoms with van der Waals surface area (Å²) in [7, 11) is 0. The van der Waals surface area contributed by atoms with E-state index >= 15 is 0 Å². The first-order chi connectivity index (χ1) is 8.75. The van der Waals surface area contributed by atoms with Gasteiger partial charge in [-0.15, -0.1) is 0 Å². The van der Waals surface area contributed by atoms with Crippen LogP contribution in [-0.4, -0.2) is 22.5 Å². The van der Waals surface area contributed by atoms with Crippen molar-refractivity contribution in [2.45, 2.75) is 6.54 Å². The summed E-state index contributed by atoms with van der Waals surface area (Å²) in [6.45, 7) is 0.266. The molecule has 0 saturated heterocycles. The Balaban J connectivity index is 1.77. The van der Waals surface area contributed by atoms with E-state index in [-0.39, 0.29) is 12.5 Å². The maximum absolute atomic E-state index is 11.5. The van der Waals surface area contributed by atoms with E-state index in [1.165, 1.54) is 0 Å². The van der Waals surface area contributed by atoms with Gasteiger partial charge in [0.25, 0.3) is 5.91 Å². The van der Waals surface area contributed by atoms with Gasteiger partial charge in [0.05, 0.1) is 11.6 Å². The van der Waals surface area contributed by atoms with Crippen molar-refractivity contribution in [1.29, 1.82) is 0 Å². The summed E-state index contributed by atoms with van der Waals surface area (Å²) >= 11 is 5.89. The van der Waals surface area contributed by atoms with Crippen molar-refractivity contribution in [1.82, 2.24) is 15.3 Å². The average Bonchev–Trinajstić information content (AvgIpc) is 2.88. The number of imidazole rings is 1. The van der Waals surface area contributed by atoms with E-state index in [1.54, 1.807) is 36.7 Å². The summed E-state index contributed by atoms with van der Waals surface area (Å²) in [4.78, 5) is 18.4. The van der Waals surface area contributed by atoms with Gasteiger partial charge in [0.15, 0.2) is 6.61 Å². The van der Waals surface area contributed by atoms with Crippen LogP contribution >= 0.6 is 11.6 Å². The lowest BCUT2D eigenvalue weighted by Gasteiger charge is -2.07. The van der Waals surface area contributed by atoms with Crippen LogP contribution in [0.4, 0.5) is 0 Å². The van der Waals surface area contributed by atoms with Gasteiger partial charge >= 0.3 is 0 Å². The van der Waals surface area contributed by atoms with Crippen molar-refractivity contribution in [3.8, 4) is 5.75 Å². The largest absolute Gasteiger partial charge is 0.482 e. The van der Waals surface area contributed by atoms with Gasteiger partial charge in [0.1, 0.15) is 11.6 Å². The molecule has 0 spiro atoms. The number of carbonyl (C=O) groups excluding carboxylic acids is 1. The summed E-state index contributed by atoms with van der Waals surface area (Å²) in [6.07, 6.45) is 3.32. The molecule has 2 rings (SSSR count). The monoisotopic (exact) mass is 265 g/mol. The molecule has 6 heteroatoms. The molecule has 1 amide bonds. The molecule has 0 unspecified atom stereocenters. The Hall–Kier alpha value is -2.01. The first-order valence-corrected chi connectivity index (χ1v) is 5.76. The second kappa shape index (κ2) is 6.07. The maximum atomic E-state index is 11.5. The number of benzene rings is 1. The summed E-state index contributed by atoms with van der Waals surface area (Å²) in [5, 5.41) is 3.16. The number of nitrogens with one attached hydrogen (secondary N) is 2. The zero-order valence-corrected chi connectivity index (χ0v) is 10.3. The minimum Gasteiger partial charge on any atom is -0.482 e. The number of aromatic nitrogens is 2. The highest BCUT2D eigenvalue weighted by Crippen LogP contribution is 2.22. The van der Waals surface area contributed by atoms with Crippen LogP contribution in [0.2, 0.25) is 5.02 Å². The summed E-state index contributed by atoms with van der Waals surface area (Å²) in [5.74, 6) is 0.958. The van der Waals surface area contributed by atoms with E-state index in [1.807, 2.05) is 0 Å². The highest BCUT2D eigenvalue weighted by atomic mass is 35.5. The number of ether oxygens (including phenoxy) is 1. The molecule has 2 aromatic rings. The molecule has 0 saturated carbocycles. The predicted molar refractivity (Wildman–Crippen MR) is 67.4 cm³/mol. The van der Waals surface area contributed by atoms with Gasteiger partial charge in [-0.3, -0.25) is 4.79 Å². The highest BCUT2D eigenvalue weighted by Gasteiger charge is 2.05. The van der Waals surface area contributed by atoms with Crippen LogP contribution in [0.15, 0.2) is 36.7 Å². The van der Waals surface area contributed by atoms with Crippen LogP contribution in [0.5, 0.6) is 5.75 Å². The van der Waals surface area contributed by atoms with Crippen LogP contribution in [-0.2, 0) is 11.3 Å². The number of para-hydroxylation sites is 1. The van der Waals surface area contributed by atoms with Crippen molar-refractivity contribution >= 4 is 17.5 Å². The van der Waals surface area contributed by atoms with E-state index < -0.39 is 0 Å². The van der Waals surface area contributed by atoms with Gasteiger partial charge < -0.3 is 15.0 Å². The molecule has 2 N–H and O–H groups in total. The lowest BCUT2D eigenvalue weighted by Crippen LogP contribution is -2.28. The van der Waals surface area contributed by atoms with Crippen molar-refractivity contribution < 1.29 is 9.53 Å². The molecular formula is C12H12ClN3O2. The fraction of sp³-hybridized carbons (Fsp3) is 0.167. The predicted octanol–water partition coefficient (Wildman–Crippen LogP) is 1.76. The molecule has 94 valence electrons. The molecule has 1 heterocycles. The van der Waals surface area contributed by atoms with Crippen LogP contribution < -0.4 is 10.1 Å². The van der Waals surface area contributed by atoms with Gasteiger partial charge in [0.2, 0.25) is 0 Å². The van der Waals surface area contributed by atoms with Crippen molar-refractivity contribution in [2.75, 3.05) is 6.61 Å². The topological polar surface area (TPSA) is 67.0 Å². The number of H-pyrrole nitrogens is 1. The molecule has 0 atom stereocenters.